The highest BCUT2D eigenvalue weighted by Gasteiger charge is 2.18. The highest BCUT2D eigenvalue weighted by atomic mass is 16.3. The Kier molecular flexibility index (Phi) is 9.84. The maximum atomic E-state index is 10.3. The minimum absolute atomic E-state index is 0.322. The van der Waals surface area contributed by atoms with E-state index in [1.807, 2.05) is 26.0 Å². The van der Waals surface area contributed by atoms with Crippen molar-refractivity contribution in [3.8, 4) is 6.07 Å². The van der Waals surface area contributed by atoms with Crippen molar-refractivity contribution in [2.45, 2.75) is 59.5 Å². The number of aliphatic hydroxyl groups is 1. The van der Waals surface area contributed by atoms with Crippen LogP contribution in [0.15, 0.2) is 24.3 Å². The third kappa shape index (κ3) is 5.89. The first-order valence-electron chi connectivity index (χ1n) is 7.41. The molecule has 0 amide bonds. The first-order valence-corrected chi connectivity index (χ1v) is 7.41. The molecule has 0 heterocycles. The van der Waals surface area contributed by atoms with Crippen LogP contribution < -0.4 is 0 Å². The van der Waals surface area contributed by atoms with Gasteiger partial charge in [-0.3, -0.25) is 0 Å². The molecule has 2 atom stereocenters. The van der Waals surface area contributed by atoms with Crippen molar-refractivity contribution in [3.05, 3.63) is 35.4 Å². The average molecular weight is 261 g/mol. The fourth-order valence-electron chi connectivity index (χ4n) is 2.08. The van der Waals surface area contributed by atoms with Crippen molar-refractivity contribution >= 4 is 0 Å². The zero-order chi connectivity index (χ0) is 14.7. The van der Waals surface area contributed by atoms with E-state index in [0.717, 1.165) is 31.2 Å². The summed E-state index contributed by atoms with van der Waals surface area (Å²) in [4.78, 5) is 0. The summed E-state index contributed by atoms with van der Waals surface area (Å²) in [6.45, 7) is 8.29. The molecule has 0 aliphatic heterocycles. The maximum Gasteiger partial charge on any atom is 0.0991 e. The van der Waals surface area contributed by atoms with Crippen LogP contribution in [0.5, 0.6) is 0 Å². The third-order valence-corrected chi connectivity index (χ3v) is 3.28. The Morgan fingerprint density at radius 2 is 1.74 bits per heavy atom. The lowest BCUT2D eigenvalue weighted by atomic mass is 9.89. The highest BCUT2D eigenvalue weighted by Crippen LogP contribution is 2.28. The Labute approximate surface area is 118 Å². The zero-order valence-electron chi connectivity index (χ0n) is 12.7. The van der Waals surface area contributed by atoms with Crippen LogP contribution in [0.3, 0.4) is 0 Å². The Morgan fingerprint density at radius 1 is 1.16 bits per heavy atom. The summed E-state index contributed by atoms with van der Waals surface area (Å²) in [5.41, 5.74) is 1.56. The van der Waals surface area contributed by atoms with Crippen molar-refractivity contribution in [1.82, 2.24) is 0 Å². The second kappa shape index (κ2) is 10.6. The Hall–Kier alpha value is -1.33. The molecule has 106 valence electrons. The molecular weight excluding hydrogens is 234 g/mol. The van der Waals surface area contributed by atoms with E-state index < -0.39 is 6.10 Å². The van der Waals surface area contributed by atoms with Gasteiger partial charge in [0.1, 0.15) is 0 Å². The monoisotopic (exact) mass is 261 g/mol. The Bertz CT molecular complexity index is 364. The molecule has 0 bridgehead atoms. The van der Waals surface area contributed by atoms with E-state index in [1.165, 1.54) is 0 Å². The Morgan fingerprint density at radius 3 is 2.16 bits per heavy atom. The molecule has 2 heteroatoms. The van der Waals surface area contributed by atoms with Gasteiger partial charge in [0.15, 0.2) is 0 Å². The van der Waals surface area contributed by atoms with Crippen LogP contribution in [0.25, 0.3) is 0 Å². The third-order valence-electron chi connectivity index (χ3n) is 3.28. The summed E-state index contributed by atoms with van der Waals surface area (Å²) in [5, 5.41) is 19.0. The van der Waals surface area contributed by atoms with Crippen LogP contribution in [0.1, 0.15) is 70.6 Å². The van der Waals surface area contributed by atoms with Gasteiger partial charge >= 0.3 is 0 Å². The lowest BCUT2D eigenvalue weighted by molar-refractivity contribution is 0.0989. The van der Waals surface area contributed by atoms with Crippen LogP contribution in [0.2, 0.25) is 0 Å². The predicted molar refractivity (Wildman–Crippen MR) is 80.8 cm³/mol. The molecule has 0 fully saturated rings. The van der Waals surface area contributed by atoms with E-state index in [4.69, 9.17) is 5.26 Å². The molecule has 0 aliphatic rings. The summed E-state index contributed by atoms with van der Waals surface area (Å²) < 4.78 is 0. The largest absolute Gasteiger partial charge is 0.388 e. The number of nitriles is 1. The van der Waals surface area contributed by atoms with Gasteiger partial charge in [-0.2, -0.15) is 5.26 Å². The number of rotatable bonds is 6. The van der Waals surface area contributed by atoms with E-state index in [1.54, 1.807) is 12.1 Å². The lowest BCUT2D eigenvalue weighted by Gasteiger charge is -2.21. The number of hydrogen-bond acceptors (Lipinski definition) is 2. The fraction of sp³-hybridized carbons (Fsp3) is 0.588. The SMILES string of the molecule is CC.CCCCC(CC)C(O)c1ccc(C#N)cc1. The molecule has 1 N–H and O–H groups in total. The van der Waals surface area contributed by atoms with Crippen LogP contribution in [0.4, 0.5) is 0 Å². The summed E-state index contributed by atoms with van der Waals surface area (Å²) >= 11 is 0. The van der Waals surface area contributed by atoms with E-state index in [-0.39, 0.29) is 0 Å². The van der Waals surface area contributed by atoms with Crippen molar-refractivity contribution in [2.75, 3.05) is 0 Å². The average Bonchev–Trinajstić information content (AvgIpc) is 2.50. The molecule has 0 radical (unpaired) electrons. The van der Waals surface area contributed by atoms with Crippen LogP contribution in [-0.4, -0.2) is 5.11 Å². The second-order valence-corrected chi connectivity index (χ2v) is 4.49. The van der Waals surface area contributed by atoms with Gasteiger partial charge in [-0.05, 0) is 30.0 Å². The first kappa shape index (κ1) is 17.7. The van der Waals surface area contributed by atoms with Gasteiger partial charge in [0, 0.05) is 0 Å². The van der Waals surface area contributed by atoms with Gasteiger partial charge in [-0.25, -0.2) is 0 Å². The van der Waals surface area contributed by atoms with E-state index in [9.17, 15) is 5.11 Å². The zero-order valence-corrected chi connectivity index (χ0v) is 12.7. The van der Waals surface area contributed by atoms with E-state index >= 15 is 0 Å². The molecule has 0 spiro atoms. The van der Waals surface area contributed by atoms with Gasteiger partial charge in [0.2, 0.25) is 0 Å². The molecule has 0 aliphatic carbocycles. The standard InChI is InChI=1S/C15H21NO.C2H6/c1-3-5-6-13(4-2)15(17)14-9-7-12(11-16)8-10-14;1-2/h7-10,13,15,17H,3-6H2,1-2H3;1-2H3. The van der Waals surface area contributed by atoms with Crippen molar-refractivity contribution in [3.63, 3.8) is 0 Å². The smallest absolute Gasteiger partial charge is 0.0991 e. The Balaban J connectivity index is 0.00000154. The molecule has 2 nitrogen and oxygen atoms in total. The van der Waals surface area contributed by atoms with Crippen molar-refractivity contribution in [1.29, 1.82) is 5.26 Å². The molecule has 0 saturated carbocycles. The maximum absolute atomic E-state index is 10.3. The lowest BCUT2D eigenvalue weighted by Crippen LogP contribution is -2.11. The first-order chi connectivity index (χ1) is 9.22. The van der Waals surface area contributed by atoms with E-state index in [0.29, 0.717) is 11.5 Å². The van der Waals surface area contributed by atoms with Crippen molar-refractivity contribution in [2.24, 2.45) is 5.92 Å². The number of aliphatic hydroxyl groups excluding tert-OH is 1. The second-order valence-electron chi connectivity index (χ2n) is 4.49. The molecule has 1 rings (SSSR count). The topological polar surface area (TPSA) is 44.0 Å². The van der Waals surface area contributed by atoms with Gasteiger partial charge < -0.3 is 5.11 Å². The minimum Gasteiger partial charge on any atom is -0.388 e. The molecular formula is C17H27NO. The number of hydrogen-bond donors (Lipinski definition) is 1. The quantitative estimate of drug-likeness (QED) is 0.796. The molecule has 1 aromatic carbocycles. The van der Waals surface area contributed by atoms with E-state index in [2.05, 4.69) is 19.9 Å². The molecule has 1 aromatic rings. The molecule has 19 heavy (non-hydrogen) atoms. The summed E-state index contributed by atoms with van der Waals surface area (Å²) in [6.07, 6.45) is 3.97. The number of nitrogens with zero attached hydrogens (tertiary/aromatic N) is 1. The van der Waals surface area contributed by atoms with Gasteiger partial charge in [-0.15, -0.1) is 0 Å². The van der Waals surface area contributed by atoms with Crippen molar-refractivity contribution < 1.29 is 5.11 Å². The van der Waals surface area contributed by atoms with Gasteiger partial charge in [-0.1, -0.05) is 59.1 Å². The normalized spacial score (nSPS) is 12.8. The van der Waals surface area contributed by atoms with Gasteiger partial charge in [0.25, 0.3) is 0 Å². The molecule has 0 aromatic heterocycles. The van der Waals surface area contributed by atoms with Crippen LogP contribution in [0, 0.1) is 17.2 Å². The summed E-state index contributed by atoms with van der Waals surface area (Å²) in [6, 6.07) is 9.34. The number of unbranched alkanes of at least 4 members (excludes halogenated alkanes) is 1. The van der Waals surface area contributed by atoms with Crippen LogP contribution in [-0.2, 0) is 0 Å². The molecule has 2 unspecified atom stereocenters. The fourth-order valence-corrected chi connectivity index (χ4v) is 2.08. The minimum atomic E-state index is -0.403. The number of benzene rings is 1. The highest BCUT2D eigenvalue weighted by molar-refractivity contribution is 5.32. The predicted octanol–water partition coefficient (Wildman–Crippen LogP) is 4.83. The van der Waals surface area contributed by atoms with Crippen LogP contribution >= 0.6 is 0 Å². The summed E-state index contributed by atoms with van der Waals surface area (Å²) in [5.74, 6) is 0.322. The van der Waals surface area contributed by atoms with Gasteiger partial charge in [0.05, 0.1) is 17.7 Å². The molecule has 0 saturated heterocycles. The summed E-state index contributed by atoms with van der Waals surface area (Å²) in [7, 11) is 0.